The number of piperidine rings is 1. The van der Waals surface area contributed by atoms with Crippen molar-refractivity contribution in [3.63, 3.8) is 0 Å². The third-order valence-corrected chi connectivity index (χ3v) is 9.03. The van der Waals surface area contributed by atoms with E-state index in [0.29, 0.717) is 5.25 Å². The normalized spacial score (nSPS) is 24.9. The predicted molar refractivity (Wildman–Crippen MR) is 136 cm³/mol. The molecule has 1 aromatic rings. The average Bonchev–Trinajstić information content (AvgIpc) is 2.80. The van der Waals surface area contributed by atoms with Crippen LogP contribution in [0.25, 0.3) is 0 Å². The summed E-state index contributed by atoms with van der Waals surface area (Å²) in [6, 6.07) is 9.24. The average molecular weight is 466 g/mol. The van der Waals surface area contributed by atoms with Crippen LogP contribution in [0.1, 0.15) is 82.8 Å². The Labute approximate surface area is 197 Å². The van der Waals surface area contributed by atoms with E-state index in [2.05, 4.69) is 58.8 Å². The third-order valence-electron chi connectivity index (χ3n) is 6.94. The van der Waals surface area contributed by atoms with Gasteiger partial charge >= 0.3 is 0 Å². The van der Waals surface area contributed by atoms with Gasteiger partial charge in [-0.3, -0.25) is 4.72 Å². The number of hydrogen-bond donors (Lipinski definition) is 2. The lowest BCUT2D eigenvalue weighted by Crippen LogP contribution is -2.39. The number of rotatable bonds is 11. The Morgan fingerprint density at radius 2 is 1.71 bits per heavy atom. The molecule has 6 heteroatoms. The van der Waals surface area contributed by atoms with E-state index in [1.807, 2.05) is 11.9 Å². The van der Waals surface area contributed by atoms with Crippen molar-refractivity contribution in [2.45, 2.75) is 83.3 Å². The van der Waals surface area contributed by atoms with Gasteiger partial charge < -0.3 is 0 Å². The molecule has 0 aromatic heterocycles. The van der Waals surface area contributed by atoms with E-state index in [9.17, 15) is 4.21 Å². The Balaban J connectivity index is 1.36. The molecule has 2 fully saturated rings. The molecule has 2 unspecified atom stereocenters. The fourth-order valence-corrected chi connectivity index (χ4v) is 6.64. The van der Waals surface area contributed by atoms with E-state index >= 15 is 0 Å². The first-order valence-corrected chi connectivity index (χ1v) is 14.4. The lowest BCUT2D eigenvalue weighted by Gasteiger charge is -2.32. The van der Waals surface area contributed by atoms with Gasteiger partial charge in [0.05, 0.1) is 0 Å². The van der Waals surface area contributed by atoms with E-state index < -0.39 is 11.2 Å². The molecule has 1 aliphatic carbocycles. The first-order valence-electron chi connectivity index (χ1n) is 12.4. The smallest absolute Gasteiger partial charge is 0.169 e. The fourth-order valence-electron chi connectivity index (χ4n) is 4.90. The van der Waals surface area contributed by atoms with Crippen LogP contribution < -0.4 is 9.44 Å². The highest BCUT2D eigenvalue weighted by Crippen LogP contribution is 2.38. The lowest BCUT2D eigenvalue weighted by molar-refractivity contribution is 0.247. The van der Waals surface area contributed by atoms with Crippen LogP contribution in [-0.4, -0.2) is 39.9 Å². The topological polar surface area (TPSA) is 44.4 Å². The monoisotopic (exact) mass is 465 g/mol. The van der Waals surface area contributed by atoms with Gasteiger partial charge in [0.15, 0.2) is 11.2 Å². The molecule has 4 nitrogen and oxygen atoms in total. The molecule has 0 radical (unpaired) electrons. The second-order valence-electron chi connectivity index (χ2n) is 9.73. The zero-order valence-corrected chi connectivity index (χ0v) is 21.4. The van der Waals surface area contributed by atoms with Crippen LogP contribution in [-0.2, 0) is 17.6 Å². The molecule has 2 N–H and O–H groups in total. The van der Waals surface area contributed by atoms with Gasteiger partial charge in [-0.25, -0.2) is 13.2 Å². The molecule has 2 atom stereocenters. The summed E-state index contributed by atoms with van der Waals surface area (Å²) in [5, 5.41) is 0.651. The van der Waals surface area contributed by atoms with Crippen molar-refractivity contribution in [2.24, 2.45) is 11.8 Å². The highest BCUT2D eigenvalue weighted by atomic mass is 32.2. The highest BCUT2D eigenvalue weighted by Gasteiger charge is 2.26. The van der Waals surface area contributed by atoms with Crippen LogP contribution in [0.2, 0.25) is 0 Å². The molecule has 176 valence electrons. The zero-order valence-electron chi connectivity index (χ0n) is 19.8. The molecule has 2 aliphatic rings. The predicted octanol–water partition coefficient (Wildman–Crippen LogP) is 5.44. The Hall–Kier alpha value is -0.400. The minimum absolute atomic E-state index is 0.651. The van der Waals surface area contributed by atoms with Crippen molar-refractivity contribution in [1.29, 1.82) is 0 Å². The molecule has 0 amide bonds. The maximum atomic E-state index is 12.3. The molecule has 0 bridgehead atoms. The number of nitrogens with zero attached hydrogens (tertiary/aromatic N) is 1. The van der Waals surface area contributed by atoms with Gasteiger partial charge in [-0.15, -0.1) is 0 Å². The van der Waals surface area contributed by atoms with E-state index in [1.54, 1.807) is 0 Å². The summed E-state index contributed by atoms with van der Waals surface area (Å²) in [5.74, 6) is 2.35. The maximum Gasteiger partial charge on any atom is 0.169 e. The standard InChI is InChI=1S/C25H43N3OS2/c1-20(2)30-26-19-21(3)23-11-13-25(14-12-23)24-9-7-22(8-10-24)15-16-27-31(29)28-17-5-4-6-18-28/h7-10,20-21,23,25-27H,4-6,11-19H2,1-3H3. The number of nitrogens with one attached hydrogen (secondary N) is 2. The molecular formula is C25H43N3OS2. The van der Waals surface area contributed by atoms with Crippen LogP contribution in [0.15, 0.2) is 24.3 Å². The van der Waals surface area contributed by atoms with Gasteiger partial charge in [0.1, 0.15) is 0 Å². The summed E-state index contributed by atoms with van der Waals surface area (Å²) in [6.45, 7) is 10.7. The minimum Gasteiger partial charge on any atom is -0.264 e. The first-order chi connectivity index (χ1) is 15.0. The second-order valence-corrected chi connectivity index (χ2v) is 12.5. The Morgan fingerprint density at radius 1 is 1.03 bits per heavy atom. The van der Waals surface area contributed by atoms with Gasteiger partial charge in [0, 0.05) is 31.4 Å². The van der Waals surface area contributed by atoms with E-state index in [1.165, 1.54) is 56.1 Å². The molecule has 1 saturated heterocycles. The van der Waals surface area contributed by atoms with Crippen molar-refractivity contribution in [2.75, 3.05) is 26.2 Å². The van der Waals surface area contributed by atoms with Crippen LogP contribution in [0.3, 0.4) is 0 Å². The molecule has 1 aliphatic heterocycles. The van der Waals surface area contributed by atoms with Crippen LogP contribution in [0.4, 0.5) is 0 Å². The summed E-state index contributed by atoms with van der Waals surface area (Å²) >= 11 is 0.840. The summed E-state index contributed by atoms with van der Waals surface area (Å²) in [4.78, 5) is 0. The second kappa shape index (κ2) is 13.3. The van der Waals surface area contributed by atoms with Crippen molar-refractivity contribution in [1.82, 2.24) is 13.7 Å². The van der Waals surface area contributed by atoms with Crippen molar-refractivity contribution in [3.8, 4) is 0 Å². The molecule has 31 heavy (non-hydrogen) atoms. The summed E-state index contributed by atoms with van der Waals surface area (Å²) in [6.07, 6.45) is 9.90. The molecule has 3 rings (SSSR count). The first kappa shape index (κ1) is 25.2. The van der Waals surface area contributed by atoms with E-state index in [0.717, 1.165) is 50.4 Å². The summed E-state index contributed by atoms with van der Waals surface area (Å²) in [5.41, 5.74) is 2.84. The van der Waals surface area contributed by atoms with Crippen molar-refractivity contribution < 1.29 is 4.21 Å². The van der Waals surface area contributed by atoms with Gasteiger partial charge in [-0.2, -0.15) is 0 Å². The molecular weight excluding hydrogens is 422 g/mol. The third kappa shape index (κ3) is 8.47. The highest BCUT2D eigenvalue weighted by molar-refractivity contribution is 7.97. The van der Waals surface area contributed by atoms with E-state index in [-0.39, 0.29) is 0 Å². The Bertz CT molecular complexity index is 653. The Morgan fingerprint density at radius 3 is 2.35 bits per heavy atom. The van der Waals surface area contributed by atoms with Crippen LogP contribution >= 0.6 is 11.9 Å². The fraction of sp³-hybridized carbons (Fsp3) is 0.760. The van der Waals surface area contributed by atoms with Gasteiger partial charge in [-0.1, -0.05) is 63.4 Å². The van der Waals surface area contributed by atoms with Gasteiger partial charge in [0.2, 0.25) is 0 Å². The summed E-state index contributed by atoms with van der Waals surface area (Å²) in [7, 11) is 0. The van der Waals surface area contributed by atoms with Crippen molar-refractivity contribution in [3.05, 3.63) is 35.4 Å². The molecule has 0 spiro atoms. The van der Waals surface area contributed by atoms with Crippen LogP contribution in [0.5, 0.6) is 0 Å². The Kier molecular flexibility index (Phi) is 10.9. The van der Waals surface area contributed by atoms with Gasteiger partial charge in [-0.05, 0) is 73.8 Å². The van der Waals surface area contributed by atoms with Crippen LogP contribution in [0, 0.1) is 11.8 Å². The SMILES string of the molecule is CC(C)SNCC(C)C1CCC(c2ccc(CCNS(=O)N3CCCCC3)cc2)CC1. The molecule has 1 saturated carbocycles. The van der Waals surface area contributed by atoms with Gasteiger partial charge in [0.25, 0.3) is 0 Å². The molecule has 1 heterocycles. The summed E-state index contributed by atoms with van der Waals surface area (Å²) < 4.78 is 21.2. The largest absolute Gasteiger partial charge is 0.264 e. The zero-order chi connectivity index (χ0) is 22.1. The minimum atomic E-state index is -1.02. The molecule has 1 aromatic carbocycles. The van der Waals surface area contributed by atoms with E-state index in [4.69, 9.17) is 0 Å². The maximum absolute atomic E-state index is 12.3. The quantitative estimate of drug-likeness (QED) is 0.428. The lowest BCUT2D eigenvalue weighted by atomic mass is 9.74. The number of hydrogen-bond acceptors (Lipinski definition) is 3. The van der Waals surface area contributed by atoms with Crippen molar-refractivity contribution >= 4 is 23.1 Å². The number of benzene rings is 1.